The van der Waals surface area contributed by atoms with Crippen LogP contribution >= 0.6 is 0 Å². The third kappa shape index (κ3) is 34.8. The Morgan fingerprint density at radius 3 is 1.59 bits per heavy atom. The Balaban J connectivity index is 2.31. The summed E-state index contributed by atoms with van der Waals surface area (Å²) in [6.07, 6.45) is 45.2. The summed E-state index contributed by atoms with van der Waals surface area (Å²) in [5.41, 5.74) is 0. The van der Waals surface area contributed by atoms with Gasteiger partial charge in [0.05, 0.1) is 19.8 Å². The van der Waals surface area contributed by atoms with Gasteiger partial charge in [0.25, 0.3) is 0 Å². The highest BCUT2D eigenvalue weighted by Crippen LogP contribution is 2.26. The Morgan fingerprint density at radius 1 is 0.609 bits per heavy atom. The van der Waals surface area contributed by atoms with Crippen molar-refractivity contribution in [3.63, 3.8) is 0 Å². The highest BCUT2D eigenvalue weighted by Gasteiger charge is 2.48. The lowest BCUT2D eigenvalue weighted by Gasteiger charge is -2.41. The maximum absolute atomic E-state index is 12.8. The van der Waals surface area contributed by atoms with E-state index in [0.29, 0.717) is 13.0 Å². The third-order valence-electron chi connectivity index (χ3n) is 10.8. The van der Waals surface area contributed by atoms with Crippen molar-refractivity contribution in [2.24, 2.45) is 0 Å². The quantitative estimate of drug-likeness (QED) is 0.0197. The zero-order valence-corrected chi connectivity index (χ0v) is 40.4. The molecule has 6 atom stereocenters. The van der Waals surface area contributed by atoms with Crippen molar-refractivity contribution in [3.05, 3.63) is 72.9 Å². The normalized spacial score (nSPS) is 20.4. The van der Waals surface area contributed by atoms with Gasteiger partial charge in [-0.15, -0.1) is 0 Å². The SMILES string of the molecule is CC/C=C\C/C=C\C/C=C\C/C=C\C/C=C\CCCCCCCCCCCCOCC(COC1OC(CO)C(O)C(OS(=O)(=O)O)C1O)OC(=O)CCCCCCC/C=C\CCCC. The van der Waals surface area contributed by atoms with Crippen LogP contribution in [-0.2, 0) is 38.3 Å². The van der Waals surface area contributed by atoms with Crippen molar-refractivity contribution in [2.75, 3.05) is 26.4 Å². The molecule has 0 aromatic heterocycles. The van der Waals surface area contributed by atoms with Gasteiger partial charge < -0.3 is 34.3 Å². The zero-order chi connectivity index (χ0) is 46.8. The maximum atomic E-state index is 12.8. The van der Waals surface area contributed by atoms with E-state index >= 15 is 0 Å². The molecule has 12 nitrogen and oxygen atoms in total. The van der Waals surface area contributed by atoms with Crippen LogP contribution in [0.1, 0.15) is 181 Å². The van der Waals surface area contributed by atoms with Crippen molar-refractivity contribution in [1.29, 1.82) is 0 Å². The van der Waals surface area contributed by atoms with Gasteiger partial charge in [0.15, 0.2) is 6.29 Å². The minimum absolute atomic E-state index is 0.0262. The second-order valence-electron chi connectivity index (χ2n) is 16.7. The minimum Gasteiger partial charge on any atom is -0.457 e. The van der Waals surface area contributed by atoms with E-state index in [2.05, 4.69) is 90.9 Å². The molecule has 0 aromatic carbocycles. The van der Waals surface area contributed by atoms with Crippen LogP contribution in [-0.4, -0.2) is 97.5 Å². The predicted molar refractivity (Wildman–Crippen MR) is 257 cm³/mol. The van der Waals surface area contributed by atoms with Gasteiger partial charge in [0.2, 0.25) is 0 Å². The van der Waals surface area contributed by atoms with Crippen molar-refractivity contribution < 1.29 is 56.2 Å². The van der Waals surface area contributed by atoms with E-state index < -0.39 is 59.8 Å². The Hall–Kier alpha value is -2.46. The van der Waals surface area contributed by atoms with Gasteiger partial charge in [-0.2, -0.15) is 8.42 Å². The lowest BCUT2D eigenvalue weighted by Crippen LogP contribution is -2.60. The van der Waals surface area contributed by atoms with Crippen LogP contribution in [0.15, 0.2) is 72.9 Å². The minimum atomic E-state index is -5.07. The van der Waals surface area contributed by atoms with Gasteiger partial charge in [0, 0.05) is 13.0 Å². The van der Waals surface area contributed by atoms with Crippen molar-refractivity contribution in [3.8, 4) is 0 Å². The number of hydrogen-bond donors (Lipinski definition) is 4. The molecule has 0 radical (unpaired) electrons. The molecule has 6 unspecified atom stereocenters. The summed E-state index contributed by atoms with van der Waals surface area (Å²) in [6, 6.07) is 0. The average Bonchev–Trinajstić information content (AvgIpc) is 3.27. The lowest BCUT2D eigenvalue weighted by atomic mass is 9.99. The molecule has 4 N–H and O–H groups in total. The number of esters is 1. The number of rotatable bonds is 42. The molecule has 1 aliphatic heterocycles. The molecule has 0 spiro atoms. The Bertz CT molecular complexity index is 1390. The number of aliphatic hydroxyl groups is 3. The van der Waals surface area contributed by atoms with E-state index in [4.69, 9.17) is 23.5 Å². The maximum Gasteiger partial charge on any atom is 0.397 e. The number of ether oxygens (including phenoxy) is 4. The van der Waals surface area contributed by atoms with Gasteiger partial charge >= 0.3 is 16.4 Å². The molecule has 13 heteroatoms. The Kier molecular flexibility index (Phi) is 39.0. The molecule has 0 amide bonds. The zero-order valence-electron chi connectivity index (χ0n) is 39.6. The van der Waals surface area contributed by atoms with E-state index in [0.717, 1.165) is 96.3 Å². The lowest BCUT2D eigenvalue weighted by molar-refractivity contribution is -0.301. The van der Waals surface area contributed by atoms with Crippen molar-refractivity contribution in [1.82, 2.24) is 0 Å². The second kappa shape index (κ2) is 41.9. The molecular weight excluding hydrogens is 837 g/mol. The monoisotopic (exact) mass is 925 g/mol. The highest BCUT2D eigenvalue weighted by molar-refractivity contribution is 7.80. The van der Waals surface area contributed by atoms with Gasteiger partial charge in [-0.3, -0.25) is 9.35 Å². The van der Waals surface area contributed by atoms with Crippen molar-refractivity contribution in [2.45, 2.75) is 218 Å². The molecule has 0 aromatic rings. The van der Waals surface area contributed by atoms with Crippen LogP contribution in [0.2, 0.25) is 0 Å². The van der Waals surface area contributed by atoms with Gasteiger partial charge in [0.1, 0.15) is 30.5 Å². The van der Waals surface area contributed by atoms with Crippen LogP contribution in [0.5, 0.6) is 0 Å². The summed E-state index contributed by atoms with van der Waals surface area (Å²) in [7, 11) is -5.07. The summed E-state index contributed by atoms with van der Waals surface area (Å²) in [5.74, 6) is -0.414. The number of carbonyl (C=O) groups excluding carboxylic acids is 1. The topological polar surface area (TPSA) is 178 Å². The second-order valence-corrected chi connectivity index (χ2v) is 17.7. The fraction of sp³-hybridized carbons (Fsp3) is 0.745. The molecule has 1 saturated heterocycles. The predicted octanol–water partition coefficient (Wildman–Crippen LogP) is 11.1. The van der Waals surface area contributed by atoms with E-state index in [1.807, 2.05) is 0 Å². The Morgan fingerprint density at radius 2 is 1.08 bits per heavy atom. The van der Waals surface area contributed by atoms with Crippen LogP contribution < -0.4 is 0 Å². The first-order valence-corrected chi connectivity index (χ1v) is 26.1. The van der Waals surface area contributed by atoms with E-state index in [9.17, 15) is 28.5 Å². The first kappa shape index (κ1) is 59.6. The van der Waals surface area contributed by atoms with Crippen LogP contribution in [0.3, 0.4) is 0 Å². The summed E-state index contributed by atoms with van der Waals surface area (Å²) in [6.45, 7) is 3.80. The van der Waals surface area contributed by atoms with Crippen LogP contribution in [0.4, 0.5) is 0 Å². The van der Waals surface area contributed by atoms with Crippen LogP contribution in [0.25, 0.3) is 0 Å². The van der Waals surface area contributed by atoms with Crippen molar-refractivity contribution >= 4 is 16.4 Å². The highest BCUT2D eigenvalue weighted by atomic mass is 32.3. The summed E-state index contributed by atoms with van der Waals surface area (Å²) in [4.78, 5) is 12.8. The molecule has 0 bridgehead atoms. The molecule has 1 heterocycles. The molecule has 1 aliphatic rings. The van der Waals surface area contributed by atoms with Gasteiger partial charge in [-0.25, -0.2) is 4.18 Å². The Labute approximate surface area is 388 Å². The van der Waals surface area contributed by atoms with Gasteiger partial charge in [-0.1, -0.05) is 170 Å². The number of allylic oxidation sites excluding steroid dienone is 12. The number of aliphatic hydroxyl groups excluding tert-OH is 3. The number of hydrogen-bond acceptors (Lipinski definition) is 11. The summed E-state index contributed by atoms with van der Waals surface area (Å²) < 4.78 is 59.1. The molecule has 0 aliphatic carbocycles. The average molecular weight is 925 g/mol. The molecule has 0 saturated carbocycles. The fourth-order valence-electron chi connectivity index (χ4n) is 7.09. The molecular formula is C51H88O12S. The molecule has 1 fully saturated rings. The first-order chi connectivity index (χ1) is 31.1. The number of unbranched alkanes of at least 4 members (excludes halogenated alkanes) is 17. The summed E-state index contributed by atoms with van der Waals surface area (Å²) >= 11 is 0. The van der Waals surface area contributed by atoms with Crippen LogP contribution in [0, 0.1) is 0 Å². The van der Waals surface area contributed by atoms with Gasteiger partial charge in [-0.05, 0) is 77.0 Å². The molecule has 1 rings (SSSR count). The molecule has 64 heavy (non-hydrogen) atoms. The number of carbonyl (C=O) groups is 1. The molecule has 370 valence electrons. The van der Waals surface area contributed by atoms with E-state index in [1.54, 1.807) is 0 Å². The standard InChI is InChI=1S/C51H88O12S/c1-3-5-7-9-11-13-15-16-17-18-19-20-21-22-23-24-25-26-27-28-29-31-33-35-37-39-41-59-43-45(61-47(53)40-38-36-34-32-30-14-12-10-8-6-4-2)44-60-51-49(55)50(63-64(56,57)58)48(54)46(42-52)62-51/h5,7,10-13,16-17,19-20,22-23,45-46,48-52,54-55H,3-4,6,8-9,14-15,18,21,24-44H2,1-2H3,(H,56,57,58)/b7-5-,12-10-,13-11-,17-16-,20-19-,23-22-. The van der Waals surface area contributed by atoms with E-state index in [-0.39, 0.29) is 19.6 Å². The summed E-state index contributed by atoms with van der Waals surface area (Å²) in [5, 5.41) is 30.7. The first-order valence-electron chi connectivity index (χ1n) is 24.7. The fourth-order valence-corrected chi connectivity index (χ4v) is 7.60. The third-order valence-corrected chi connectivity index (χ3v) is 11.3. The largest absolute Gasteiger partial charge is 0.457 e. The smallest absolute Gasteiger partial charge is 0.397 e. The van der Waals surface area contributed by atoms with E-state index in [1.165, 1.54) is 57.8 Å².